The normalized spacial score (nSPS) is 12.6. The Morgan fingerprint density at radius 3 is 2.44 bits per heavy atom. The first kappa shape index (κ1) is 22.6. The topological polar surface area (TPSA) is 71.7 Å². The predicted octanol–water partition coefficient (Wildman–Crippen LogP) is 4.56. The van der Waals surface area contributed by atoms with Crippen LogP contribution in [0.5, 0.6) is 0 Å². The summed E-state index contributed by atoms with van der Waals surface area (Å²) in [6, 6.07) is 21.2. The summed E-state index contributed by atoms with van der Waals surface area (Å²) in [5.41, 5.74) is 2.20. The molecular weight excluding hydrogens is 510 g/mol. The van der Waals surface area contributed by atoms with Crippen molar-refractivity contribution in [2.24, 2.45) is 12.0 Å². The molecule has 32 heavy (non-hydrogen) atoms. The van der Waals surface area contributed by atoms with E-state index in [0.29, 0.717) is 10.4 Å². The molecule has 0 saturated carbocycles. The number of fused-ring (bicyclic) bond motifs is 1. The summed E-state index contributed by atoms with van der Waals surface area (Å²) in [6.07, 6.45) is 0. The molecule has 0 unspecified atom stereocenters. The first-order valence-electron chi connectivity index (χ1n) is 9.70. The predicted molar refractivity (Wildman–Crippen MR) is 130 cm³/mol. The van der Waals surface area contributed by atoms with Crippen molar-refractivity contribution in [3.63, 3.8) is 0 Å². The van der Waals surface area contributed by atoms with Crippen LogP contribution >= 0.6 is 27.3 Å². The summed E-state index contributed by atoms with van der Waals surface area (Å²) in [6.45, 7) is 0.262. The van der Waals surface area contributed by atoms with Gasteiger partial charge in [0.15, 0.2) is 4.80 Å². The number of amides is 1. The lowest BCUT2D eigenvalue weighted by Gasteiger charge is -2.17. The molecule has 0 saturated heterocycles. The Bertz CT molecular complexity index is 1460. The Hall–Kier alpha value is -2.59. The first-order chi connectivity index (χ1) is 15.3. The first-order valence-corrected chi connectivity index (χ1v) is 12.7. The molecule has 1 aromatic heterocycles. The van der Waals surface area contributed by atoms with E-state index in [1.165, 1.54) is 47.0 Å². The molecule has 6 nitrogen and oxygen atoms in total. The van der Waals surface area contributed by atoms with Gasteiger partial charge in [-0.05, 0) is 48.0 Å². The minimum absolute atomic E-state index is 0.129. The van der Waals surface area contributed by atoms with Crippen LogP contribution in [0.3, 0.4) is 0 Å². The number of rotatable bonds is 5. The second kappa shape index (κ2) is 9.11. The maximum Gasteiger partial charge on any atom is 0.279 e. The largest absolute Gasteiger partial charge is 0.319 e. The quantitative estimate of drug-likeness (QED) is 0.380. The van der Waals surface area contributed by atoms with Gasteiger partial charge in [0.1, 0.15) is 0 Å². The fourth-order valence-corrected chi connectivity index (χ4v) is 5.97. The van der Waals surface area contributed by atoms with E-state index in [1.54, 1.807) is 0 Å². The highest BCUT2D eigenvalue weighted by Gasteiger charge is 2.21. The number of halogens is 1. The zero-order valence-electron chi connectivity index (χ0n) is 17.4. The highest BCUT2D eigenvalue weighted by Crippen LogP contribution is 2.22. The highest BCUT2D eigenvalue weighted by atomic mass is 79.9. The molecule has 0 bridgehead atoms. The van der Waals surface area contributed by atoms with Gasteiger partial charge in [-0.1, -0.05) is 57.6 Å². The molecule has 1 amide bonds. The van der Waals surface area contributed by atoms with E-state index in [9.17, 15) is 13.2 Å². The molecule has 0 aliphatic heterocycles. The minimum Gasteiger partial charge on any atom is -0.319 e. The van der Waals surface area contributed by atoms with Crippen molar-refractivity contribution < 1.29 is 13.2 Å². The zero-order chi connectivity index (χ0) is 22.9. The van der Waals surface area contributed by atoms with Crippen LogP contribution < -0.4 is 4.80 Å². The molecule has 4 aromatic rings. The molecule has 0 radical (unpaired) electrons. The number of thiazole rings is 1. The fourth-order valence-electron chi connectivity index (χ4n) is 3.24. The van der Waals surface area contributed by atoms with Crippen molar-refractivity contribution in [1.29, 1.82) is 0 Å². The van der Waals surface area contributed by atoms with Gasteiger partial charge in [0.05, 0.1) is 15.1 Å². The summed E-state index contributed by atoms with van der Waals surface area (Å²) < 4.78 is 30.9. The standard InChI is InChI=1S/C23H20BrN3O3S2/c1-26(15-16-6-4-3-5-7-16)32(29,30)19-11-8-17(9-12-19)22(28)25-23-27(2)20-13-10-18(24)14-21(20)31-23/h3-14H,15H2,1-2H3. The van der Waals surface area contributed by atoms with E-state index < -0.39 is 15.9 Å². The molecule has 0 fully saturated rings. The van der Waals surface area contributed by atoms with Gasteiger partial charge in [-0.25, -0.2) is 8.42 Å². The molecule has 164 valence electrons. The van der Waals surface area contributed by atoms with Crippen LogP contribution in [0.2, 0.25) is 0 Å². The Labute approximate surface area is 198 Å². The van der Waals surface area contributed by atoms with Crippen molar-refractivity contribution in [1.82, 2.24) is 8.87 Å². The number of benzene rings is 3. The lowest BCUT2D eigenvalue weighted by atomic mass is 10.2. The van der Waals surface area contributed by atoms with E-state index in [4.69, 9.17) is 0 Å². The minimum atomic E-state index is -3.68. The number of sulfonamides is 1. The van der Waals surface area contributed by atoms with Crippen molar-refractivity contribution >= 4 is 53.4 Å². The third-order valence-corrected chi connectivity index (χ3v) is 8.43. The number of carbonyl (C=O) groups is 1. The van der Waals surface area contributed by atoms with Gasteiger partial charge >= 0.3 is 0 Å². The van der Waals surface area contributed by atoms with Gasteiger partial charge in [0.25, 0.3) is 5.91 Å². The van der Waals surface area contributed by atoms with E-state index >= 15 is 0 Å². The van der Waals surface area contributed by atoms with Gasteiger partial charge in [-0.2, -0.15) is 9.30 Å². The summed E-state index contributed by atoms with van der Waals surface area (Å²) in [5, 5.41) is 0. The van der Waals surface area contributed by atoms with Crippen LogP contribution in [0.4, 0.5) is 0 Å². The summed E-state index contributed by atoms with van der Waals surface area (Å²) >= 11 is 4.87. The van der Waals surface area contributed by atoms with E-state index in [-0.39, 0.29) is 11.4 Å². The Balaban J connectivity index is 1.57. The van der Waals surface area contributed by atoms with Crippen LogP contribution in [-0.2, 0) is 23.6 Å². The molecule has 0 atom stereocenters. The maximum atomic E-state index is 12.9. The van der Waals surface area contributed by atoms with Gasteiger partial charge in [-0.15, -0.1) is 0 Å². The molecule has 4 rings (SSSR count). The molecular formula is C23H20BrN3O3S2. The molecule has 0 aliphatic rings. The molecule has 3 aromatic carbocycles. The SMILES string of the molecule is CN(Cc1ccccc1)S(=O)(=O)c1ccc(C(=O)N=c2sc3cc(Br)ccc3n2C)cc1. The van der Waals surface area contributed by atoms with Crippen LogP contribution in [0.25, 0.3) is 10.2 Å². The smallest absolute Gasteiger partial charge is 0.279 e. The third kappa shape index (κ3) is 4.61. The summed E-state index contributed by atoms with van der Waals surface area (Å²) in [5.74, 6) is -0.423. The number of aryl methyl sites for hydroxylation is 1. The lowest BCUT2D eigenvalue weighted by molar-refractivity contribution is 0.0998. The number of aromatic nitrogens is 1. The third-order valence-electron chi connectivity index (χ3n) is 5.03. The van der Waals surface area contributed by atoms with Crippen LogP contribution in [0, 0.1) is 0 Å². The van der Waals surface area contributed by atoms with Crippen LogP contribution in [-0.4, -0.2) is 30.2 Å². The van der Waals surface area contributed by atoms with Crippen molar-refractivity contribution in [2.45, 2.75) is 11.4 Å². The average Bonchev–Trinajstić information content (AvgIpc) is 3.08. The van der Waals surface area contributed by atoms with Crippen molar-refractivity contribution in [3.8, 4) is 0 Å². The van der Waals surface area contributed by atoms with Gasteiger partial charge in [0, 0.05) is 30.7 Å². The fraction of sp³-hybridized carbons (Fsp3) is 0.130. The number of hydrogen-bond acceptors (Lipinski definition) is 4. The lowest BCUT2D eigenvalue weighted by Crippen LogP contribution is -2.26. The van der Waals surface area contributed by atoms with Gasteiger partial charge in [-0.3, -0.25) is 4.79 Å². The van der Waals surface area contributed by atoms with E-state index in [1.807, 2.05) is 60.1 Å². The zero-order valence-corrected chi connectivity index (χ0v) is 20.6. The second-order valence-corrected chi connectivity index (χ2v) is 11.2. The number of carbonyl (C=O) groups excluding carboxylic acids is 1. The van der Waals surface area contributed by atoms with E-state index in [0.717, 1.165) is 20.3 Å². The monoisotopic (exact) mass is 529 g/mol. The number of hydrogen-bond donors (Lipinski definition) is 0. The van der Waals surface area contributed by atoms with E-state index in [2.05, 4.69) is 20.9 Å². The van der Waals surface area contributed by atoms with Crippen molar-refractivity contribution in [3.05, 3.63) is 93.2 Å². The summed E-state index contributed by atoms with van der Waals surface area (Å²) in [7, 11) is -0.285. The summed E-state index contributed by atoms with van der Waals surface area (Å²) in [4.78, 5) is 17.7. The molecule has 0 spiro atoms. The maximum absolute atomic E-state index is 12.9. The number of nitrogens with zero attached hydrogens (tertiary/aromatic N) is 3. The Kier molecular flexibility index (Phi) is 6.43. The molecule has 1 heterocycles. The highest BCUT2D eigenvalue weighted by molar-refractivity contribution is 9.10. The molecule has 9 heteroatoms. The van der Waals surface area contributed by atoms with Gasteiger partial charge in [0.2, 0.25) is 10.0 Å². The molecule has 0 aliphatic carbocycles. The van der Waals surface area contributed by atoms with Crippen LogP contribution in [0.1, 0.15) is 15.9 Å². The second-order valence-electron chi connectivity index (χ2n) is 7.24. The average molecular weight is 530 g/mol. The van der Waals surface area contributed by atoms with Gasteiger partial charge < -0.3 is 4.57 Å². The Morgan fingerprint density at radius 2 is 1.75 bits per heavy atom. The Morgan fingerprint density at radius 1 is 1.06 bits per heavy atom. The van der Waals surface area contributed by atoms with Crippen LogP contribution in [0.15, 0.2) is 87.2 Å². The van der Waals surface area contributed by atoms with Crippen molar-refractivity contribution in [2.75, 3.05) is 7.05 Å². The molecule has 0 N–H and O–H groups in total.